The summed E-state index contributed by atoms with van der Waals surface area (Å²) in [7, 11) is 0. The molecule has 2 heterocycles. The summed E-state index contributed by atoms with van der Waals surface area (Å²) in [5.41, 5.74) is 0. The van der Waals surface area contributed by atoms with Gasteiger partial charge in [0.1, 0.15) is 0 Å². The quantitative estimate of drug-likeness (QED) is 0.920. The van der Waals surface area contributed by atoms with Crippen LogP contribution in [0.1, 0.15) is 19.8 Å². The van der Waals surface area contributed by atoms with Crippen molar-refractivity contribution in [2.45, 2.75) is 25.8 Å². The van der Waals surface area contributed by atoms with E-state index in [2.05, 4.69) is 20.3 Å². The van der Waals surface area contributed by atoms with Gasteiger partial charge in [0.15, 0.2) is 0 Å². The highest BCUT2D eigenvalue weighted by Gasteiger charge is 2.24. The van der Waals surface area contributed by atoms with E-state index in [1.165, 1.54) is 0 Å². The molecule has 0 bridgehead atoms. The zero-order chi connectivity index (χ0) is 14.5. The Morgan fingerprint density at radius 3 is 2.45 bits per heavy atom. The van der Waals surface area contributed by atoms with Gasteiger partial charge in [-0.3, -0.25) is 0 Å². The summed E-state index contributed by atoms with van der Waals surface area (Å²) in [6, 6.07) is 0.162. The molecule has 110 valence electrons. The van der Waals surface area contributed by atoms with E-state index in [9.17, 15) is 4.79 Å². The van der Waals surface area contributed by atoms with Crippen LogP contribution in [-0.4, -0.2) is 51.7 Å². The van der Waals surface area contributed by atoms with Gasteiger partial charge in [-0.2, -0.15) is 15.0 Å². The third kappa shape index (κ3) is 4.08. The number of nitrogens with zero attached hydrogens (tertiary/aromatic N) is 4. The van der Waals surface area contributed by atoms with Gasteiger partial charge in [0.25, 0.3) is 0 Å². The van der Waals surface area contributed by atoms with Crippen molar-refractivity contribution in [1.29, 1.82) is 0 Å². The van der Waals surface area contributed by atoms with Crippen LogP contribution in [0.5, 0.6) is 0 Å². The molecule has 20 heavy (non-hydrogen) atoms. The maximum Gasteiger partial charge on any atom is 0.409 e. The summed E-state index contributed by atoms with van der Waals surface area (Å²) in [6.07, 6.45) is 1.29. The van der Waals surface area contributed by atoms with Crippen LogP contribution < -0.4 is 5.32 Å². The molecule has 1 aliphatic rings. The first kappa shape index (κ1) is 15.1. The first-order valence-electron chi connectivity index (χ1n) is 6.33. The van der Waals surface area contributed by atoms with Crippen LogP contribution in [0.2, 0.25) is 10.6 Å². The summed E-state index contributed by atoms with van der Waals surface area (Å²) >= 11 is 11.4. The van der Waals surface area contributed by atoms with Crippen molar-refractivity contribution in [2.24, 2.45) is 0 Å². The number of anilines is 1. The van der Waals surface area contributed by atoms with Crippen molar-refractivity contribution >= 4 is 35.2 Å². The van der Waals surface area contributed by atoms with Gasteiger partial charge in [0, 0.05) is 19.1 Å². The molecule has 0 atom stereocenters. The van der Waals surface area contributed by atoms with Gasteiger partial charge >= 0.3 is 6.09 Å². The van der Waals surface area contributed by atoms with E-state index < -0.39 is 0 Å². The first-order chi connectivity index (χ1) is 9.58. The van der Waals surface area contributed by atoms with Crippen molar-refractivity contribution in [1.82, 2.24) is 19.9 Å². The summed E-state index contributed by atoms with van der Waals surface area (Å²) < 4.78 is 4.97. The van der Waals surface area contributed by atoms with E-state index in [1.54, 1.807) is 11.8 Å². The molecule has 9 heteroatoms. The van der Waals surface area contributed by atoms with Crippen LogP contribution in [0.15, 0.2) is 0 Å². The molecule has 1 aromatic rings. The third-order valence-corrected chi connectivity index (χ3v) is 3.27. The molecule has 1 N–H and O–H groups in total. The monoisotopic (exact) mass is 319 g/mol. The molecule has 1 amide bonds. The predicted molar refractivity (Wildman–Crippen MR) is 75.1 cm³/mol. The van der Waals surface area contributed by atoms with E-state index in [0.29, 0.717) is 25.6 Å². The molecule has 1 fully saturated rings. The fourth-order valence-corrected chi connectivity index (χ4v) is 2.36. The number of piperidine rings is 1. The molecule has 1 aromatic heterocycles. The van der Waals surface area contributed by atoms with Gasteiger partial charge in [-0.15, -0.1) is 0 Å². The lowest BCUT2D eigenvalue weighted by atomic mass is 10.1. The number of hydrogen-bond donors (Lipinski definition) is 1. The molecule has 0 aromatic carbocycles. The minimum atomic E-state index is -0.266. The number of nitrogens with one attached hydrogen (secondary N) is 1. The lowest BCUT2D eigenvalue weighted by Gasteiger charge is -2.31. The highest BCUT2D eigenvalue weighted by Crippen LogP contribution is 2.16. The third-order valence-electron chi connectivity index (χ3n) is 2.94. The number of rotatable bonds is 3. The van der Waals surface area contributed by atoms with Crippen LogP contribution in [-0.2, 0) is 4.74 Å². The Bertz CT molecular complexity index is 460. The Balaban J connectivity index is 1.86. The van der Waals surface area contributed by atoms with Crippen LogP contribution >= 0.6 is 23.2 Å². The summed E-state index contributed by atoms with van der Waals surface area (Å²) in [6.45, 7) is 3.44. The fourth-order valence-electron chi connectivity index (χ4n) is 1.99. The number of carbonyl (C=O) groups is 1. The Morgan fingerprint density at radius 1 is 1.30 bits per heavy atom. The maximum absolute atomic E-state index is 11.6. The summed E-state index contributed by atoms with van der Waals surface area (Å²) in [5, 5.41) is 3.25. The van der Waals surface area contributed by atoms with Crippen molar-refractivity contribution in [3.8, 4) is 0 Å². The molecule has 2 rings (SSSR count). The van der Waals surface area contributed by atoms with E-state index in [0.717, 1.165) is 12.8 Å². The zero-order valence-corrected chi connectivity index (χ0v) is 12.5. The standard InChI is InChI=1S/C11H15Cl2N5O2/c1-2-20-11(19)18-5-3-7(4-6-18)14-10-16-8(12)15-9(13)17-10/h7H,2-6H2,1H3,(H,14,15,16,17). The van der Waals surface area contributed by atoms with Crippen LogP contribution in [0.25, 0.3) is 0 Å². The Morgan fingerprint density at radius 2 is 1.90 bits per heavy atom. The second-order valence-electron chi connectivity index (χ2n) is 4.30. The number of likely N-dealkylation sites (tertiary alicyclic amines) is 1. The van der Waals surface area contributed by atoms with Gasteiger partial charge in [0.05, 0.1) is 6.61 Å². The van der Waals surface area contributed by atoms with Crippen molar-refractivity contribution in [3.05, 3.63) is 10.6 Å². The highest BCUT2D eigenvalue weighted by atomic mass is 35.5. The van der Waals surface area contributed by atoms with Crippen LogP contribution in [0.4, 0.5) is 10.7 Å². The molecule has 7 nitrogen and oxygen atoms in total. The van der Waals surface area contributed by atoms with E-state index in [4.69, 9.17) is 27.9 Å². The van der Waals surface area contributed by atoms with E-state index in [1.807, 2.05) is 0 Å². The predicted octanol–water partition coefficient (Wildman–Crippen LogP) is 2.21. The second-order valence-corrected chi connectivity index (χ2v) is 4.98. The average molecular weight is 320 g/mol. The number of aromatic nitrogens is 3. The van der Waals surface area contributed by atoms with Gasteiger partial charge in [-0.1, -0.05) is 0 Å². The normalized spacial score (nSPS) is 16.1. The summed E-state index contributed by atoms with van der Waals surface area (Å²) in [4.78, 5) is 24.8. The van der Waals surface area contributed by atoms with E-state index >= 15 is 0 Å². The second kappa shape index (κ2) is 6.90. The largest absolute Gasteiger partial charge is 0.450 e. The summed E-state index contributed by atoms with van der Waals surface area (Å²) in [5.74, 6) is 0.351. The highest BCUT2D eigenvalue weighted by molar-refractivity contribution is 6.31. The molecule has 0 aliphatic carbocycles. The lowest BCUT2D eigenvalue weighted by molar-refractivity contribution is 0.0983. The van der Waals surface area contributed by atoms with Crippen LogP contribution in [0, 0.1) is 0 Å². The van der Waals surface area contributed by atoms with Crippen molar-refractivity contribution in [3.63, 3.8) is 0 Å². The van der Waals surface area contributed by atoms with Gasteiger partial charge in [-0.25, -0.2) is 4.79 Å². The number of ether oxygens (including phenoxy) is 1. The molecule has 1 aliphatic heterocycles. The van der Waals surface area contributed by atoms with Crippen molar-refractivity contribution < 1.29 is 9.53 Å². The molecule has 1 saturated heterocycles. The smallest absolute Gasteiger partial charge is 0.409 e. The molecule has 0 radical (unpaired) electrons. The van der Waals surface area contributed by atoms with Gasteiger partial charge in [0.2, 0.25) is 16.5 Å². The first-order valence-corrected chi connectivity index (χ1v) is 7.09. The zero-order valence-electron chi connectivity index (χ0n) is 11.0. The molecular formula is C11H15Cl2N5O2. The van der Waals surface area contributed by atoms with Gasteiger partial charge in [-0.05, 0) is 43.0 Å². The average Bonchev–Trinajstić information content (AvgIpc) is 2.38. The number of halogens is 2. The number of carbonyl (C=O) groups excluding carboxylic acids is 1. The Hall–Kier alpha value is -1.34. The minimum absolute atomic E-state index is 0.0523. The number of amides is 1. The fraction of sp³-hybridized carbons (Fsp3) is 0.636. The number of hydrogen-bond acceptors (Lipinski definition) is 6. The molecule has 0 spiro atoms. The lowest BCUT2D eigenvalue weighted by Crippen LogP contribution is -2.42. The van der Waals surface area contributed by atoms with Crippen molar-refractivity contribution in [2.75, 3.05) is 25.0 Å². The Labute approximate surface area is 126 Å². The maximum atomic E-state index is 11.6. The minimum Gasteiger partial charge on any atom is -0.450 e. The van der Waals surface area contributed by atoms with Crippen LogP contribution in [0.3, 0.4) is 0 Å². The topological polar surface area (TPSA) is 80.2 Å². The van der Waals surface area contributed by atoms with Gasteiger partial charge < -0.3 is 15.0 Å². The molecule has 0 unspecified atom stereocenters. The molecular weight excluding hydrogens is 305 g/mol. The SMILES string of the molecule is CCOC(=O)N1CCC(Nc2nc(Cl)nc(Cl)n2)CC1. The van der Waals surface area contributed by atoms with E-state index in [-0.39, 0.29) is 22.7 Å². The Kier molecular flexibility index (Phi) is 5.19. The molecule has 0 saturated carbocycles.